The van der Waals surface area contributed by atoms with E-state index in [4.69, 9.17) is 0 Å². The van der Waals surface area contributed by atoms with Crippen LogP contribution in [0.1, 0.15) is 15.9 Å². The number of nitrogens with one attached hydrogen (secondary N) is 2. The van der Waals surface area contributed by atoms with E-state index >= 15 is 0 Å². The van der Waals surface area contributed by atoms with E-state index in [1.54, 1.807) is 17.4 Å². The van der Waals surface area contributed by atoms with Crippen molar-refractivity contribution in [1.29, 1.82) is 0 Å². The molecule has 2 amide bonds. The van der Waals surface area contributed by atoms with E-state index in [-0.39, 0.29) is 18.1 Å². The predicted octanol–water partition coefficient (Wildman–Crippen LogP) is 3.91. The van der Waals surface area contributed by atoms with Gasteiger partial charge in [-0.25, -0.2) is 0 Å². The molecule has 2 aromatic carbocycles. The van der Waals surface area contributed by atoms with E-state index in [1.807, 2.05) is 41.2 Å². The van der Waals surface area contributed by atoms with Gasteiger partial charge in [0.15, 0.2) is 0 Å². The summed E-state index contributed by atoms with van der Waals surface area (Å²) in [6.45, 7) is 0.200. The summed E-state index contributed by atoms with van der Waals surface area (Å²) in [4.78, 5) is 23.1. The lowest BCUT2D eigenvalue weighted by molar-refractivity contribution is -0.167. The molecule has 3 rings (SSSR count). The van der Waals surface area contributed by atoms with Crippen molar-refractivity contribution in [1.82, 2.24) is 9.88 Å². The Kier molecular flexibility index (Phi) is 5.49. The van der Waals surface area contributed by atoms with Gasteiger partial charge in [-0.3, -0.25) is 9.59 Å². The number of rotatable bonds is 5. The average Bonchev–Trinajstić information content (AvgIpc) is 3.21. The molecule has 0 aliphatic rings. The van der Waals surface area contributed by atoms with Crippen molar-refractivity contribution >= 4 is 17.5 Å². The molecule has 0 unspecified atom stereocenters. The van der Waals surface area contributed by atoms with Crippen molar-refractivity contribution in [3.8, 4) is 5.69 Å². The average molecular weight is 387 g/mol. The van der Waals surface area contributed by atoms with Crippen molar-refractivity contribution in [3.63, 3.8) is 0 Å². The fourth-order valence-electron chi connectivity index (χ4n) is 2.48. The van der Waals surface area contributed by atoms with Crippen molar-refractivity contribution < 1.29 is 22.8 Å². The molecule has 0 atom stereocenters. The second-order valence-electron chi connectivity index (χ2n) is 5.97. The number of carbonyl (C=O) groups excluding carboxylic acids is 2. The molecule has 1 aromatic heterocycles. The zero-order valence-corrected chi connectivity index (χ0v) is 14.5. The number of nitrogens with zero attached hydrogens (tertiary/aromatic N) is 1. The second kappa shape index (κ2) is 7.99. The third-order valence-electron chi connectivity index (χ3n) is 3.95. The highest BCUT2D eigenvalue weighted by atomic mass is 19.4. The largest absolute Gasteiger partial charge is 0.471 e. The molecule has 0 fully saturated rings. The summed E-state index contributed by atoms with van der Waals surface area (Å²) in [5.41, 5.74) is 2.13. The molecule has 0 aliphatic heterocycles. The third-order valence-corrected chi connectivity index (χ3v) is 3.95. The highest BCUT2D eigenvalue weighted by molar-refractivity contribution is 5.95. The molecule has 0 saturated carbocycles. The van der Waals surface area contributed by atoms with E-state index in [2.05, 4.69) is 5.32 Å². The van der Waals surface area contributed by atoms with Crippen LogP contribution in [-0.4, -0.2) is 22.6 Å². The van der Waals surface area contributed by atoms with Gasteiger partial charge in [0, 0.05) is 35.9 Å². The van der Waals surface area contributed by atoms with Gasteiger partial charge in [0.05, 0.1) is 0 Å². The first-order valence-corrected chi connectivity index (χ1v) is 8.32. The number of alkyl halides is 3. The Morgan fingerprint density at radius 1 is 0.893 bits per heavy atom. The van der Waals surface area contributed by atoms with Gasteiger partial charge in [-0.1, -0.05) is 12.1 Å². The van der Waals surface area contributed by atoms with Gasteiger partial charge < -0.3 is 15.2 Å². The Balaban J connectivity index is 1.55. The molecule has 28 heavy (non-hydrogen) atoms. The van der Waals surface area contributed by atoms with Crippen molar-refractivity contribution in [2.75, 3.05) is 5.32 Å². The number of hydrogen-bond donors (Lipinski definition) is 2. The Morgan fingerprint density at radius 3 is 2.07 bits per heavy atom. The highest BCUT2D eigenvalue weighted by Crippen LogP contribution is 2.18. The Bertz CT molecular complexity index is 948. The van der Waals surface area contributed by atoms with Gasteiger partial charge in [0.2, 0.25) is 0 Å². The lowest BCUT2D eigenvalue weighted by Crippen LogP contribution is -2.29. The van der Waals surface area contributed by atoms with Crippen LogP contribution in [0.3, 0.4) is 0 Å². The van der Waals surface area contributed by atoms with E-state index in [1.165, 1.54) is 24.3 Å². The second-order valence-corrected chi connectivity index (χ2v) is 5.97. The number of halogens is 3. The summed E-state index contributed by atoms with van der Waals surface area (Å²) in [5, 5.41) is 4.50. The number of benzene rings is 2. The number of carbonyl (C=O) groups is 2. The fourth-order valence-corrected chi connectivity index (χ4v) is 2.48. The molecule has 0 aliphatic carbocycles. The molecular formula is C20H16F3N3O2. The first kappa shape index (κ1) is 19.2. The smallest absolute Gasteiger partial charge is 0.348 e. The van der Waals surface area contributed by atoms with E-state index in [9.17, 15) is 22.8 Å². The molecule has 8 heteroatoms. The maximum absolute atomic E-state index is 12.2. The van der Waals surface area contributed by atoms with Crippen LogP contribution in [0.4, 0.5) is 18.9 Å². The third kappa shape index (κ3) is 4.79. The predicted molar refractivity (Wildman–Crippen MR) is 98.1 cm³/mol. The van der Waals surface area contributed by atoms with Gasteiger partial charge in [0.1, 0.15) is 0 Å². The summed E-state index contributed by atoms with van der Waals surface area (Å²) in [6.07, 6.45) is -1.14. The molecule has 1 heterocycles. The zero-order chi connectivity index (χ0) is 20.1. The molecular weight excluding hydrogens is 371 g/mol. The summed E-state index contributed by atoms with van der Waals surface area (Å²) >= 11 is 0. The van der Waals surface area contributed by atoms with Crippen LogP contribution in [0.25, 0.3) is 5.69 Å². The summed E-state index contributed by atoms with van der Waals surface area (Å²) in [5.74, 6) is -2.30. The molecule has 0 spiro atoms. The van der Waals surface area contributed by atoms with Crippen LogP contribution in [0.15, 0.2) is 73.1 Å². The summed E-state index contributed by atoms with van der Waals surface area (Å²) < 4.78 is 38.6. The standard InChI is InChI=1S/C20H16F3N3O2/c21-20(22,23)19(28)25-16-7-3-14(4-8-16)13-24-18(27)15-5-9-17(10-6-15)26-11-1-2-12-26/h1-12H,13H2,(H,24,27)(H,25,28). The monoisotopic (exact) mass is 387 g/mol. The SMILES string of the molecule is O=C(NCc1ccc(NC(=O)C(F)(F)F)cc1)c1ccc(-n2cccc2)cc1. The van der Waals surface area contributed by atoms with E-state index in [0.717, 1.165) is 5.69 Å². The zero-order valence-electron chi connectivity index (χ0n) is 14.5. The lowest BCUT2D eigenvalue weighted by Gasteiger charge is -2.09. The first-order chi connectivity index (χ1) is 13.3. The number of aromatic nitrogens is 1. The molecule has 0 radical (unpaired) electrons. The minimum atomic E-state index is -4.94. The summed E-state index contributed by atoms with van der Waals surface area (Å²) in [7, 11) is 0. The molecule has 3 aromatic rings. The normalized spacial score (nSPS) is 11.1. The van der Waals surface area contributed by atoms with Gasteiger partial charge in [-0.05, 0) is 54.1 Å². The van der Waals surface area contributed by atoms with Crippen molar-refractivity contribution in [3.05, 3.63) is 84.2 Å². The molecule has 144 valence electrons. The Morgan fingerprint density at radius 2 is 1.50 bits per heavy atom. The maximum Gasteiger partial charge on any atom is 0.471 e. The van der Waals surface area contributed by atoms with Crippen LogP contribution in [0.5, 0.6) is 0 Å². The quantitative estimate of drug-likeness (QED) is 0.697. The molecule has 0 saturated heterocycles. The van der Waals surface area contributed by atoms with Gasteiger partial charge in [-0.15, -0.1) is 0 Å². The minimum Gasteiger partial charge on any atom is -0.348 e. The lowest BCUT2D eigenvalue weighted by atomic mass is 10.1. The Hall–Kier alpha value is -3.55. The molecule has 2 N–H and O–H groups in total. The van der Waals surface area contributed by atoms with E-state index < -0.39 is 12.1 Å². The van der Waals surface area contributed by atoms with Gasteiger partial charge in [0.25, 0.3) is 5.91 Å². The van der Waals surface area contributed by atoms with Crippen LogP contribution < -0.4 is 10.6 Å². The number of hydrogen-bond acceptors (Lipinski definition) is 2. The highest BCUT2D eigenvalue weighted by Gasteiger charge is 2.38. The van der Waals surface area contributed by atoms with Crippen molar-refractivity contribution in [2.24, 2.45) is 0 Å². The number of amides is 2. The van der Waals surface area contributed by atoms with Crippen LogP contribution in [0.2, 0.25) is 0 Å². The van der Waals surface area contributed by atoms with Crippen LogP contribution in [-0.2, 0) is 11.3 Å². The fraction of sp³-hybridized carbons (Fsp3) is 0.100. The summed E-state index contributed by atoms with van der Waals surface area (Å²) in [6, 6.07) is 16.6. The molecule has 5 nitrogen and oxygen atoms in total. The Labute approximate surface area is 158 Å². The van der Waals surface area contributed by atoms with Gasteiger partial charge in [-0.2, -0.15) is 13.2 Å². The number of anilines is 1. The van der Waals surface area contributed by atoms with E-state index in [0.29, 0.717) is 11.1 Å². The van der Waals surface area contributed by atoms with Crippen molar-refractivity contribution in [2.45, 2.75) is 12.7 Å². The maximum atomic E-state index is 12.2. The van der Waals surface area contributed by atoms with Crippen LogP contribution in [0, 0.1) is 0 Å². The topological polar surface area (TPSA) is 63.1 Å². The first-order valence-electron chi connectivity index (χ1n) is 8.32. The van der Waals surface area contributed by atoms with Crippen LogP contribution >= 0.6 is 0 Å². The minimum absolute atomic E-state index is 0.0259. The molecule has 0 bridgehead atoms. The van der Waals surface area contributed by atoms with Gasteiger partial charge >= 0.3 is 12.1 Å².